The van der Waals surface area contributed by atoms with Crippen molar-refractivity contribution in [2.24, 2.45) is 0 Å². The monoisotopic (exact) mass is 507 g/mol. The second-order valence-corrected chi connectivity index (χ2v) is 9.21. The topological polar surface area (TPSA) is 72.5 Å². The van der Waals surface area contributed by atoms with Gasteiger partial charge in [-0.3, -0.25) is 0 Å². The van der Waals surface area contributed by atoms with E-state index in [1.54, 1.807) is 25.1 Å². The Labute approximate surface area is 191 Å². The van der Waals surface area contributed by atoms with Crippen LogP contribution < -0.4 is 4.72 Å². The molecular weight excluding hydrogens is 488 g/mol. The molecule has 0 aliphatic heterocycles. The molecule has 0 radical (unpaired) electrons. The Morgan fingerprint density at radius 1 is 1.06 bits per heavy atom. The summed E-state index contributed by atoms with van der Waals surface area (Å²) in [7, 11) is -4.72. The molecule has 2 aromatic rings. The van der Waals surface area contributed by atoms with Gasteiger partial charge in [-0.1, -0.05) is 18.2 Å². The first-order chi connectivity index (χ1) is 15.7. The summed E-state index contributed by atoms with van der Waals surface area (Å²) in [5.74, 6) is -0.534. The average molecular weight is 507 g/mol. The summed E-state index contributed by atoms with van der Waals surface area (Å²) in [5.41, 5.74) is -1.51. The molecular formula is C22H19F6NO4S. The van der Waals surface area contributed by atoms with Crippen molar-refractivity contribution in [3.05, 3.63) is 70.3 Å². The minimum atomic E-state index is -5.17. The maximum Gasteiger partial charge on any atom is 0.416 e. The first-order valence-electron chi connectivity index (χ1n) is 10.00. The van der Waals surface area contributed by atoms with Crippen LogP contribution in [0, 0.1) is 0 Å². The highest BCUT2D eigenvalue weighted by Crippen LogP contribution is 2.38. The average Bonchev–Trinajstić information content (AvgIpc) is 3.12. The summed E-state index contributed by atoms with van der Waals surface area (Å²) in [6.07, 6.45) is -6.92. The van der Waals surface area contributed by atoms with Gasteiger partial charge >= 0.3 is 18.3 Å². The number of benzene rings is 2. The van der Waals surface area contributed by atoms with Crippen molar-refractivity contribution >= 4 is 22.1 Å². The third-order valence-electron chi connectivity index (χ3n) is 5.11. The van der Waals surface area contributed by atoms with Crippen molar-refractivity contribution < 1.29 is 44.3 Å². The number of hydrogen-bond donors (Lipinski definition) is 1. The van der Waals surface area contributed by atoms with Gasteiger partial charge in [0.05, 0.1) is 22.6 Å². The van der Waals surface area contributed by atoms with E-state index >= 15 is 0 Å². The van der Waals surface area contributed by atoms with E-state index in [2.05, 4.69) is 4.72 Å². The zero-order valence-electron chi connectivity index (χ0n) is 17.6. The third kappa shape index (κ3) is 5.98. The summed E-state index contributed by atoms with van der Waals surface area (Å²) >= 11 is 0. The summed E-state index contributed by atoms with van der Waals surface area (Å²) < 4.78 is 111. The Morgan fingerprint density at radius 2 is 1.68 bits per heavy atom. The number of alkyl halides is 6. The van der Waals surface area contributed by atoms with Gasteiger partial charge in [0.2, 0.25) is 10.0 Å². The molecule has 34 heavy (non-hydrogen) atoms. The van der Waals surface area contributed by atoms with Gasteiger partial charge < -0.3 is 4.74 Å². The van der Waals surface area contributed by atoms with Crippen LogP contribution in [0.15, 0.2) is 47.4 Å². The summed E-state index contributed by atoms with van der Waals surface area (Å²) in [4.78, 5) is 10.3. The summed E-state index contributed by atoms with van der Waals surface area (Å²) in [5, 5.41) is 0. The SMILES string of the molecule is CCOC(=O)/C=C/c1ccc2c(c1)CCC2NS(=O)(=O)c1cc(C(F)(F)F)cc(C(F)(F)F)c1. The van der Waals surface area contributed by atoms with E-state index in [-0.39, 0.29) is 31.2 Å². The number of halogens is 6. The second-order valence-electron chi connectivity index (χ2n) is 7.50. The Hall–Kier alpha value is -2.86. The first kappa shape index (κ1) is 25.8. The normalized spacial score (nSPS) is 16.6. The number of sulfonamides is 1. The van der Waals surface area contributed by atoms with Gasteiger partial charge in [0, 0.05) is 12.1 Å². The van der Waals surface area contributed by atoms with Crippen molar-refractivity contribution in [2.45, 2.75) is 43.1 Å². The smallest absolute Gasteiger partial charge is 0.416 e. The van der Waals surface area contributed by atoms with Crippen molar-refractivity contribution in [1.82, 2.24) is 4.72 Å². The first-order valence-corrected chi connectivity index (χ1v) is 11.5. The maximum absolute atomic E-state index is 13.1. The number of fused-ring (bicyclic) bond motifs is 1. The lowest BCUT2D eigenvalue weighted by Gasteiger charge is -2.17. The van der Waals surface area contributed by atoms with E-state index in [9.17, 15) is 39.6 Å². The molecule has 0 heterocycles. The van der Waals surface area contributed by atoms with E-state index in [4.69, 9.17) is 4.74 Å². The van der Waals surface area contributed by atoms with E-state index in [0.29, 0.717) is 17.5 Å². The van der Waals surface area contributed by atoms with Gasteiger partial charge in [-0.2, -0.15) is 26.3 Å². The minimum absolute atomic E-state index is 0.130. The van der Waals surface area contributed by atoms with Crippen LogP contribution in [-0.4, -0.2) is 21.0 Å². The molecule has 0 aromatic heterocycles. The van der Waals surface area contributed by atoms with Gasteiger partial charge in [0.25, 0.3) is 0 Å². The molecule has 0 fully saturated rings. The molecule has 0 spiro atoms. The Kier molecular flexibility index (Phi) is 7.13. The number of rotatable bonds is 6. The molecule has 0 amide bonds. The fourth-order valence-corrected chi connectivity index (χ4v) is 4.87. The third-order valence-corrected chi connectivity index (χ3v) is 6.56. The van der Waals surface area contributed by atoms with Crippen LogP contribution in [0.25, 0.3) is 6.08 Å². The highest BCUT2D eigenvalue weighted by molar-refractivity contribution is 7.89. The number of carbonyl (C=O) groups excluding carboxylic acids is 1. The molecule has 1 aliphatic carbocycles. The Bertz CT molecular complexity index is 1190. The van der Waals surface area contributed by atoms with Gasteiger partial charge in [-0.25, -0.2) is 17.9 Å². The minimum Gasteiger partial charge on any atom is -0.463 e. The highest BCUT2D eigenvalue weighted by atomic mass is 32.2. The fraction of sp³-hybridized carbons (Fsp3) is 0.318. The van der Waals surface area contributed by atoms with Crippen LogP contribution in [0.5, 0.6) is 0 Å². The zero-order valence-corrected chi connectivity index (χ0v) is 18.4. The molecule has 3 rings (SSSR count). The number of nitrogens with one attached hydrogen (secondary N) is 1. The Balaban J connectivity index is 1.88. The fourth-order valence-electron chi connectivity index (χ4n) is 3.56. The molecule has 1 atom stereocenters. The lowest BCUT2D eigenvalue weighted by Crippen LogP contribution is -2.28. The second kappa shape index (κ2) is 9.41. The highest BCUT2D eigenvalue weighted by Gasteiger charge is 2.39. The molecule has 0 bridgehead atoms. The predicted octanol–water partition coefficient (Wildman–Crippen LogP) is 5.27. The molecule has 1 unspecified atom stereocenters. The largest absolute Gasteiger partial charge is 0.463 e. The molecule has 184 valence electrons. The summed E-state index contributed by atoms with van der Waals surface area (Å²) in [6.45, 7) is 1.87. The molecule has 5 nitrogen and oxygen atoms in total. The van der Waals surface area contributed by atoms with Crippen LogP contribution in [0.4, 0.5) is 26.3 Å². The standard InChI is InChI=1S/C22H19F6NO4S/c1-2-33-20(30)8-4-13-3-6-18-14(9-13)5-7-19(18)29-34(31,32)17-11-15(21(23,24)25)10-16(12-17)22(26,27)28/h3-4,6,8-12,19,29H,2,5,7H2,1H3/b8-4+. The lowest BCUT2D eigenvalue weighted by atomic mass is 10.0. The molecule has 12 heteroatoms. The van der Waals surface area contributed by atoms with E-state index < -0.39 is 50.4 Å². The Morgan fingerprint density at radius 3 is 2.24 bits per heavy atom. The molecule has 1 N–H and O–H groups in total. The van der Waals surface area contributed by atoms with Gasteiger partial charge in [0.1, 0.15) is 0 Å². The van der Waals surface area contributed by atoms with Gasteiger partial charge in [-0.05, 0) is 60.7 Å². The van der Waals surface area contributed by atoms with E-state index in [1.807, 2.05) is 0 Å². The van der Waals surface area contributed by atoms with Crippen molar-refractivity contribution in [3.8, 4) is 0 Å². The van der Waals surface area contributed by atoms with Crippen LogP contribution in [0.3, 0.4) is 0 Å². The van der Waals surface area contributed by atoms with Gasteiger partial charge in [-0.15, -0.1) is 0 Å². The number of aryl methyl sites for hydroxylation is 1. The lowest BCUT2D eigenvalue weighted by molar-refractivity contribution is -0.143. The van der Waals surface area contributed by atoms with Crippen molar-refractivity contribution in [1.29, 1.82) is 0 Å². The molecule has 0 saturated carbocycles. The molecule has 0 saturated heterocycles. The van der Waals surface area contributed by atoms with Crippen LogP contribution >= 0.6 is 0 Å². The van der Waals surface area contributed by atoms with Crippen LogP contribution in [0.2, 0.25) is 0 Å². The zero-order chi connectivity index (χ0) is 25.3. The number of hydrogen-bond acceptors (Lipinski definition) is 4. The van der Waals surface area contributed by atoms with Crippen LogP contribution in [-0.2, 0) is 38.3 Å². The van der Waals surface area contributed by atoms with Crippen LogP contribution in [0.1, 0.15) is 47.2 Å². The predicted molar refractivity (Wildman–Crippen MR) is 110 cm³/mol. The molecule has 2 aromatic carbocycles. The maximum atomic E-state index is 13.1. The van der Waals surface area contributed by atoms with E-state index in [0.717, 1.165) is 5.56 Å². The van der Waals surface area contributed by atoms with E-state index in [1.165, 1.54) is 12.2 Å². The van der Waals surface area contributed by atoms with Crippen molar-refractivity contribution in [2.75, 3.05) is 6.61 Å². The van der Waals surface area contributed by atoms with Gasteiger partial charge in [0.15, 0.2) is 0 Å². The molecule has 1 aliphatic rings. The number of ether oxygens (including phenoxy) is 1. The summed E-state index contributed by atoms with van der Waals surface area (Å²) in [6, 6.07) is 4.29. The number of esters is 1. The number of carbonyl (C=O) groups is 1. The quantitative estimate of drug-likeness (QED) is 0.329. The van der Waals surface area contributed by atoms with Crippen molar-refractivity contribution in [3.63, 3.8) is 0 Å².